The van der Waals surface area contributed by atoms with E-state index in [0.29, 0.717) is 5.92 Å². The van der Waals surface area contributed by atoms with Gasteiger partial charge in [0.2, 0.25) is 0 Å². The van der Waals surface area contributed by atoms with Gasteiger partial charge in [0.25, 0.3) is 5.91 Å². The highest BCUT2D eigenvalue weighted by Crippen LogP contribution is 2.20. The van der Waals surface area contributed by atoms with Gasteiger partial charge in [0.1, 0.15) is 5.75 Å². The van der Waals surface area contributed by atoms with Crippen LogP contribution in [0.1, 0.15) is 32.3 Å². The minimum atomic E-state index is 0.0638. The Morgan fingerprint density at radius 2 is 2.30 bits per heavy atom. The number of nitrogens with one attached hydrogen (secondary N) is 1. The zero-order chi connectivity index (χ0) is 14.5. The highest BCUT2D eigenvalue weighted by atomic mass is 16.5. The van der Waals surface area contributed by atoms with Gasteiger partial charge in [0.15, 0.2) is 6.61 Å². The van der Waals surface area contributed by atoms with Crippen LogP contribution in [0.3, 0.4) is 0 Å². The van der Waals surface area contributed by atoms with E-state index in [9.17, 15) is 4.79 Å². The number of carbonyl (C=O) groups is 1. The zero-order valence-corrected chi connectivity index (χ0v) is 12.6. The molecular formula is C16H24N2O2. The molecular weight excluding hydrogens is 252 g/mol. The van der Waals surface area contributed by atoms with Gasteiger partial charge in [-0.15, -0.1) is 0 Å². The van der Waals surface area contributed by atoms with Crippen molar-refractivity contribution < 1.29 is 9.53 Å². The van der Waals surface area contributed by atoms with Crippen LogP contribution in [-0.2, 0) is 4.79 Å². The highest BCUT2D eigenvalue weighted by molar-refractivity contribution is 5.78. The first kappa shape index (κ1) is 14.9. The van der Waals surface area contributed by atoms with Gasteiger partial charge in [0, 0.05) is 25.7 Å². The van der Waals surface area contributed by atoms with Crippen molar-refractivity contribution in [1.29, 1.82) is 0 Å². The molecule has 1 heterocycles. The number of benzene rings is 1. The van der Waals surface area contributed by atoms with E-state index in [4.69, 9.17) is 4.74 Å². The zero-order valence-electron chi connectivity index (χ0n) is 12.6. The third-order valence-electron chi connectivity index (χ3n) is 3.71. The maximum Gasteiger partial charge on any atom is 0.260 e. The second kappa shape index (κ2) is 6.75. The Bertz CT molecular complexity index is 460. The van der Waals surface area contributed by atoms with E-state index in [-0.39, 0.29) is 18.6 Å². The first-order valence-corrected chi connectivity index (χ1v) is 7.31. The van der Waals surface area contributed by atoms with Gasteiger partial charge in [-0.1, -0.05) is 26.0 Å². The lowest BCUT2D eigenvalue weighted by Gasteiger charge is -2.33. The number of rotatable bonds is 4. The molecule has 0 saturated carbocycles. The van der Waals surface area contributed by atoms with E-state index < -0.39 is 0 Å². The summed E-state index contributed by atoms with van der Waals surface area (Å²) in [6.45, 7) is 8.94. The predicted octanol–water partition coefficient (Wildman–Crippen LogP) is 2.01. The third-order valence-corrected chi connectivity index (χ3v) is 3.71. The molecule has 2 rings (SSSR count). The Morgan fingerprint density at radius 1 is 1.50 bits per heavy atom. The van der Waals surface area contributed by atoms with Crippen molar-refractivity contribution in [2.45, 2.75) is 32.7 Å². The van der Waals surface area contributed by atoms with Crippen LogP contribution >= 0.6 is 0 Å². The van der Waals surface area contributed by atoms with Crippen molar-refractivity contribution in [2.24, 2.45) is 0 Å². The first-order valence-electron chi connectivity index (χ1n) is 7.31. The maximum atomic E-state index is 12.2. The van der Waals surface area contributed by atoms with Crippen molar-refractivity contribution in [1.82, 2.24) is 10.2 Å². The number of amides is 1. The highest BCUT2D eigenvalue weighted by Gasteiger charge is 2.23. The fourth-order valence-electron chi connectivity index (χ4n) is 2.40. The van der Waals surface area contributed by atoms with Gasteiger partial charge in [-0.2, -0.15) is 0 Å². The molecule has 1 saturated heterocycles. The van der Waals surface area contributed by atoms with Crippen LogP contribution in [0, 0.1) is 0 Å². The Hall–Kier alpha value is -1.55. The van der Waals surface area contributed by atoms with Crippen LogP contribution in [-0.4, -0.2) is 43.1 Å². The second-order valence-electron chi connectivity index (χ2n) is 5.66. The van der Waals surface area contributed by atoms with Gasteiger partial charge < -0.3 is 15.0 Å². The molecule has 1 fully saturated rings. The Kier molecular flexibility index (Phi) is 5.01. The summed E-state index contributed by atoms with van der Waals surface area (Å²) in [5.74, 6) is 1.30. The van der Waals surface area contributed by atoms with E-state index in [1.54, 1.807) is 0 Å². The van der Waals surface area contributed by atoms with Crippen LogP contribution in [0.2, 0.25) is 0 Å². The van der Waals surface area contributed by atoms with Gasteiger partial charge in [-0.05, 0) is 30.5 Å². The fraction of sp³-hybridized carbons (Fsp3) is 0.562. The molecule has 0 aliphatic carbocycles. The summed E-state index contributed by atoms with van der Waals surface area (Å²) < 4.78 is 5.65. The van der Waals surface area contributed by atoms with E-state index in [1.165, 1.54) is 5.56 Å². The lowest BCUT2D eigenvalue weighted by atomic mass is 10.0. The second-order valence-corrected chi connectivity index (χ2v) is 5.66. The number of hydrogen-bond acceptors (Lipinski definition) is 3. The van der Waals surface area contributed by atoms with Gasteiger partial charge in [-0.25, -0.2) is 0 Å². The van der Waals surface area contributed by atoms with E-state index in [0.717, 1.165) is 25.4 Å². The van der Waals surface area contributed by atoms with Crippen LogP contribution in [0.25, 0.3) is 0 Å². The maximum absolute atomic E-state index is 12.2. The molecule has 110 valence electrons. The molecule has 0 bridgehead atoms. The SMILES string of the molecule is CC(C)c1cccc(OCC(=O)N2CCNC[C@H]2C)c1. The lowest BCUT2D eigenvalue weighted by molar-refractivity contribution is -0.136. The molecule has 0 unspecified atom stereocenters. The summed E-state index contributed by atoms with van der Waals surface area (Å²) in [6.07, 6.45) is 0. The Balaban J connectivity index is 1.91. The van der Waals surface area contributed by atoms with Crippen molar-refractivity contribution >= 4 is 5.91 Å². The average molecular weight is 276 g/mol. The summed E-state index contributed by atoms with van der Waals surface area (Å²) in [6, 6.07) is 8.21. The lowest BCUT2D eigenvalue weighted by Crippen LogP contribution is -2.53. The van der Waals surface area contributed by atoms with Crippen molar-refractivity contribution in [3.8, 4) is 5.75 Å². The normalized spacial score (nSPS) is 19.2. The number of carbonyl (C=O) groups excluding carboxylic acids is 1. The number of ether oxygens (including phenoxy) is 1. The number of piperazine rings is 1. The van der Waals surface area contributed by atoms with Gasteiger partial charge in [0.05, 0.1) is 0 Å². The number of hydrogen-bond donors (Lipinski definition) is 1. The van der Waals surface area contributed by atoms with Crippen LogP contribution in [0.4, 0.5) is 0 Å². The molecule has 4 heteroatoms. The van der Waals surface area contributed by atoms with E-state index >= 15 is 0 Å². The predicted molar refractivity (Wildman–Crippen MR) is 80.1 cm³/mol. The molecule has 1 aromatic rings. The molecule has 4 nitrogen and oxygen atoms in total. The van der Waals surface area contributed by atoms with Crippen molar-refractivity contribution in [3.63, 3.8) is 0 Å². The standard InChI is InChI=1S/C16H24N2O2/c1-12(2)14-5-4-6-15(9-14)20-11-16(19)18-8-7-17-10-13(18)3/h4-6,9,12-13,17H,7-8,10-11H2,1-3H3/t13-/m1/s1. The van der Waals surface area contributed by atoms with Gasteiger partial charge in [-0.3, -0.25) is 4.79 Å². The van der Waals surface area contributed by atoms with Gasteiger partial charge >= 0.3 is 0 Å². The minimum Gasteiger partial charge on any atom is -0.484 e. The summed E-state index contributed by atoms with van der Waals surface area (Å²) in [4.78, 5) is 14.1. The molecule has 1 aliphatic rings. The van der Waals surface area contributed by atoms with E-state index in [2.05, 4.69) is 32.2 Å². The largest absolute Gasteiger partial charge is 0.484 e. The topological polar surface area (TPSA) is 41.6 Å². The molecule has 0 radical (unpaired) electrons. The van der Waals surface area contributed by atoms with Crippen LogP contribution in [0.15, 0.2) is 24.3 Å². The average Bonchev–Trinajstić information content (AvgIpc) is 2.45. The minimum absolute atomic E-state index is 0.0638. The number of nitrogens with zero attached hydrogens (tertiary/aromatic N) is 1. The molecule has 1 amide bonds. The van der Waals surface area contributed by atoms with Crippen LogP contribution < -0.4 is 10.1 Å². The Labute approximate surface area is 121 Å². The fourth-order valence-corrected chi connectivity index (χ4v) is 2.40. The first-order chi connectivity index (χ1) is 9.58. The van der Waals surface area contributed by atoms with Crippen molar-refractivity contribution in [3.05, 3.63) is 29.8 Å². The molecule has 0 spiro atoms. The summed E-state index contributed by atoms with van der Waals surface area (Å²) in [5, 5.41) is 3.28. The quantitative estimate of drug-likeness (QED) is 0.914. The molecule has 20 heavy (non-hydrogen) atoms. The Morgan fingerprint density at radius 3 is 3.00 bits per heavy atom. The molecule has 0 aromatic heterocycles. The monoisotopic (exact) mass is 276 g/mol. The molecule has 1 atom stereocenters. The molecule has 1 aliphatic heterocycles. The van der Waals surface area contributed by atoms with Crippen molar-refractivity contribution in [2.75, 3.05) is 26.2 Å². The summed E-state index contributed by atoms with van der Waals surface area (Å²) in [5.41, 5.74) is 1.23. The van der Waals surface area contributed by atoms with E-state index in [1.807, 2.05) is 23.1 Å². The molecule has 1 aromatic carbocycles. The third kappa shape index (κ3) is 3.73. The molecule has 1 N–H and O–H groups in total. The summed E-state index contributed by atoms with van der Waals surface area (Å²) >= 11 is 0. The van der Waals surface area contributed by atoms with Crippen LogP contribution in [0.5, 0.6) is 5.75 Å². The summed E-state index contributed by atoms with van der Waals surface area (Å²) in [7, 11) is 0. The smallest absolute Gasteiger partial charge is 0.260 e.